The predicted molar refractivity (Wildman–Crippen MR) is 48.6 cm³/mol. The van der Waals surface area contributed by atoms with Gasteiger partial charge in [0.05, 0.1) is 17.9 Å². The third-order valence-electron chi connectivity index (χ3n) is 2.80. The number of carbonyl (C=O) groups is 1. The second-order valence-corrected chi connectivity index (χ2v) is 3.83. The van der Waals surface area contributed by atoms with E-state index in [9.17, 15) is 18.0 Å². The number of alkyl halides is 3. The molecule has 0 spiro atoms. The molecule has 7 heteroatoms. The highest BCUT2D eigenvalue weighted by atomic mass is 19.4. The van der Waals surface area contributed by atoms with Crippen LogP contribution in [0, 0.1) is 5.92 Å². The molecule has 2 N–H and O–H groups in total. The van der Waals surface area contributed by atoms with Crippen molar-refractivity contribution in [1.29, 1.82) is 0 Å². The van der Waals surface area contributed by atoms with Crippen LogP contribution in [0.4, 0.5) is 13.2 Å². The lowest BCUT2D eigenvalue weighted by atomic mass is 9.94. The lowest BCUT2D eigenvalue weighted by molar-refractivity contribution is -0.179. The molecule has 2 heterocycles. The number of hydrogen-bond acceptors (Lipinski definition) is 2. The van der Waals surface area contributed by atoms with Crippen LogP contribution in [0.25, 0.3) is 0 Å². The highest BCUT2D eigenvalue weighted by Crippen LogP contribution is 2.35. The van der Waals surface area contributed by atoms with Crippen LogP contribution in [0.5, 0.6) is 0 Å². The molecule has 0 aromatic carbocycles. The van der Waals surface area contributed by atoms with Crippen LogP contribution in [0.2, 0.25) is 0 Å². The number of hydrogen-bond donors (Lipinski definition) is 1. The minimum Gasteiger partial charge on any atom is -0.364 e. The van der Waals surface area contributed by atoms with Gasteiger partial charge in [0.2, 0.25) is 0 Å². The third kappa shape index (κ3) is 1.77. The average molecular weight is 233 g/mol. The monoisotopic (exact) mass is 233 g/mol. The van der Waals surface area contributed by atoms with Crippen LogP contribution in [0.1, 0.15) is 22.6 Å². The molecule has 88 valence electrons. The number of nitrogens with two attached hydrogens (primary N) is 1. The molecule has 16 heavy (non-hydrogen) atoms. The van der Waals surface area contributed by atoms with Gasteiger partial charge in [0.1, 0.15) is 5.69 Å². The Morgan fingerprint density at radius 3 is 2.81 bits per heavy atom. The van der Waals surface area contributed by atoms with Crippen LogP contribution in [-0.4, -0.2) is 21.6 Å². The van der Waals surface area contributed by atoms with E-state index in [2.05, 4.69) is 4.98 Å². The van der Waals surface area contributed by atoms with Crippen molar-refractivity contribution >= 4 is 5.91 Å². The van der Waals surface area contributed by atoms with Crippen LogP contribution >= 0.6 is 0 Å². The summed E-state index contributed by atoms with van der Waals surface area (Å²) in [5, 5.41) is 0. The minimum atomic E-state index is -4.23. The van der Waals surface area contributed by atoms with Gasteiger partial charge in [-0.3, -0.25) is 4.79 Å². The fraction of sp³-hybridized carbons (Fsp3) is 0.556. The summed E-state index contributed by atoms with van der Waals surface area (Å²) >= 11 is 0. The second kappa shape index (κ2) is 3.50. The number of rotatable bonds is 1. The van der Waals surface area contributed by atoms with Crippen molar-refractivity contribution in [3.63, 3.8) is 0 Å². The first-order valence-corrected chi connectivity index (χ1v) is 4.80. The minimum absolute atomic E-state index is 0.0189. The van der Waals surface area contributed by atoms with E-state index in [1.165, 1.54) is 6.33 Å². The summed E-state index contributed by atoms with van der Waals surface area (Å²) in [7, 11) is 0. The van der Waals surface area contributed by atoms with Gasteiger partial charge in [-0.2, -0.15) is 13.2 Å². The molecular formula is C9H10F3N3O. The number of nitrogens with zero attached hydrogens (tertiary/aromatic N) is 2. The van der Waals surface area contributed by atoms with Gasteiger partial charge in [-0.25, -0.2) is 4.98 Å². The molecule has 1 aliphatic heterocycles. The van der Waals surface area contributed by atoms with Gasteiger partial charge in [-0.1, -0.05) is 0 Å². The van der Waals surface area contributed by atoms with Crippen LogP contribution < -0.4 is 5.73 Å². The van der Waals surface area contributed by atoms with Crippen LogP contribution in [0.15, 0.2) is 6.33 Å². The number of fused-ring (bicyclic) bond motifs is 1. The molecule has 0 saturated heterocycles. The van der Waals surface area contributed by atoms with E-state index < -0.39 is 18.0 Å². The zero-order valence-electron chi connectivity index (χ0n) is 8.29. The van der Waals surface area contributed by atoms with Crippen molar-refractivity contribution in [2.24, 2.45) is 11.7 Å². The first-order chi connectivity index (χ1) is 7.39. The quantitative estimate of drug-likeness (QED) is 0.789. The van der Waals surface area contributed by atoms with Gasteiger partial charge in [0.25, 0.3) is 5.91 Å². The molecule has 2 rings (SSSR count). The van der Waals surface area contributed by atoms with Crippen molar-refractivity contribution in [3.05, 3.63) is 17.7 Å². The smallest absolute Gasteiger partial charge is 0.364 e. The Balaban J connectivity index is 2.31. The van der Waals surface area contributed by atoms with Gasteiger partial charge in [-0.05, 0) is 6.42 Å². The first-order valence-electron chi connectivity index (χ1n) is 4.80. The summed E-state index contributed by atoms with van der Waals surface area (Å²) in [6.07, 6.45) is -3.07. The van der Waals surface area contributed by atoms with E-state index >= 15 is 0 Å². The zero-order chi connectivity index (χ0) is 11.9. The molecule has 0 bridgehead atoms. The number of imidazole rings is 1. The Morgan fingerprint density at radius 1 is 1.56 bits per heavy atom. The molecule has 1 aliphatic rings. The summed E-state index contributed by atoms with van der Waals surface area (Å²) in [6.45, 7) is 0.222. The summed E-state index contributed by atoms with van der Waals surface area (Å²) < 4.78 is 39.1. The summed E-state index contributed by atoms with van der Waals surface area (Å²) in [6, 6.07) is 0. The van der Waals surface area contributed by atoms with Gasteiger partial charge >= 0.3 is 6.18 Å². The van der Waals surface area contributed by atoms with E-state index in [1.807, 2.05) is 0 Å². The van der Waals surface area contributed by atoms with Gasteiger partial charge in [-0.15, -0.1) is 0 Å². The van der Waals surface area contributed by atoms with E-state index in [0.29, 0.717) is 5.69 Å². The molecule has 1 amide bonds. The molecule has 0 saturated carbocycles. The van der Waals surface area contributed by atoms with Gasteiger partial charge in [0.15, 0.2) is 0 Å². The van der Waals surface area contributed by atoms with Crippen LogP contribution in [-0.2, 0) is 13.0 Å². The second-order valence-electron chi connectivity index (χ2n) is 3.83. The Labute approximate surface area is 89.3 Å². The lowest BCUT2D eigenvalue weighted by Crippen LogP contribution is -2.32. The molecule has 1 atom stereocenters. The van der Waals surface area contributed by atoms with E-state index in [-0.39, 0.29) is 25.1 Å². The first kappa shape index (κ1) is 11.0. The lowest BCUT2D eigenvalue weighted by Gasteiger charge is -2.26. The predicted octanol–water partition coefficient (Wildman–Crippen LogP) is 1.11. The Morgan fingerprint density at radius 2 is 2.25 bits per heavy atom. The molecule has 4 nitrogen and oxygen atoms in total. The molecule has 0 fully saturated rings. The van der Waals surface area contributed by atoms with Crippen molar-refractivity contribution in [2.45, 2.75) is 25.6 Å². The van der Waals surface area contributed by atoms with E-state index in [4.69, 9.17) is 5.73 Å². The molecule has 1 aromatic rings. The largest absolute Gasteiger partial charge is 0.392 e. The maximum atomic E-state index is 12.5. The zero-order valence-corrected chi connectivity index (χ0v) is 8.29. The highest BCUT2D eigenvalue weighted by molar-refractivity contribution is 5.92. The normalized spacial score (nSPS) is 20.6. The number of aromatic nitrogens is 2. The highest BCUT2D eigenvalue weighted by Gasteiger charge is 2.42. The standard InChI is InChI=1S/C9H10F3N3O/c10-9(11,12)5-1-2-15-4-14-7(8(13)16)6(15)3-5/h4-5H,1-3H2,(H2,13,16). The Kier molecular flexibility index (Phi) is 2.40. The SMILES string of the molecule is NC(=O)c1ncn2c1CC(C(F)(F)F)CC2. The Hall–Kier alpha value is -1.53. The Bertz CT molecular complexity index is 424. The number of aryl methyl sites for hydroxylation is 1. The van der Waals surface area contributed by atoms with Crippen molar-refractivity contribution in [1.82, 2.24) is 9.55 Å². The fourth-order valence-corrected chi connectivity index (χ4v) is 1.93. The maximum absolute atomic E-state index is 12.5. The van der Waals surface area contributed by atoms with Crippen molar-refractivity contribution in [2.75, 3.05) is 0 Å². The number of primary amides is 1. The van der Waals surface area contributed by atoms with E-state index in [1.54, 1.807) is 4.57 Å². The summed E-state index contributed by atoms with van der Waals surface area (Å²) in [4.78, 5) is 14.7. The summed E-state index contributed by atoms with van der Waals surface area (Å²) in [5.41, 5.74) is 5.29. The van der Waals surface area contributed by atoms with Gasteiger partial charge < -0.3 is 10.3 Å². The fourth-order valence-electron chi connectivity index (χ4n) is 1.93. The molecule has 1 aromatic heterocycles. The van der Waals surface area contributed by atoms with Crippen LogP contribution in [0.3, 0.4) is 0 Å². The maximum Gasteiger partial charge on any atom is 0.392 e. The van der Waals surface area contributed by atoms with E-state index in [0.717, 1.165) is 0 Å². The molecular weight excluding hydrogens is 223 g/mol. The van der Waals surface area contributed by atoms with Gasteiger partial charge in [0, 0.05) is 13.0 Å². The third-order valence-corrected chi connectivity index (χ3v) is 2.80. The number of amides is 1. The average Bonchev–Trinajstić information content (AvgIpc) is 2.58. The molecule has 1 unspecified atom stereocenters. The van der Waals surface area contributed by atoms with Crippen molar-refractivity contribution < 1.29 is 18.0 Å². The number of carbonyl (C=O) groups excluding carboxylic acids is 1. The topological polar surface area (TPSA) is 60.9 Å². The number of halogens is 3. The summed E-state index contributed by atoms with van der Waals surface area (Å²) in [5.74, 6) is -2.19. The molecule has 0 radical (unpaired) electrons. The van der Waals surface area contributed by atoms with Crippen molar-refractivity contribution in [3.8, 4) is 0 Å². The molecule has 0 aliphatic carbocycles.